The number of aliphatic carboxylic acids is 1. The molecule has 0 saturated carbocycles. The molecule has 0 saturated heterocycles. The second kappa shape index (κ2) is 6.51. The van der Waals surface area contributed by atoms with Crippen LogP contribution in [-0.2, 0) is 23.2 Å². The lowest BCUT2D eigenvalue weighted by atomic mass is 9.92. The third-order valence-electron chi connectivity index (χ3n) is 3.50. The highest BCUT2D eigenvalue weighted by Crippen LogP contribution is 2.21. The molecule has 1 heterocycles. The van der Waals surface area contributed by atoms with Crippen molar-refractivity contribution in [3.8, 4) is 5.75 Å². The third kappa shape index (κ3) is 3.88. The first-order chi connectivity index (χ1) is 10.8. The van der Waals surface area contributed by atoms with Gasteiger partial charge in [-0.3, -0.25) is 9.59 Å². The summed E-state index contributed by atoms with van der Waals surface area (Å²) in [6, 6.07) is 6.71. The van der Waals surface area contributed by atoms with Crippen LogP contribution in [-0.4, -0.2) is 26.5 Å². The predicted octanol–water partition coefficient (Wildman–Crippen LogP) is 2.05. The van der Waals surface area contributed by atoms with E-state index in [1.54, 1.807) is 30.5 Å². The summed E-state index contributed by atoms with van der Waals surface area (Å²) in [5, 5.41) is 11.6. The summed E-state index contributed by atoms with van der Waals surface area (Å²) in [6.07, 6.45) is 3.53. The molecule has 0 radical (unpaired) electrons. The van der Waals surface area contributed by atoms with E-state index in [-0.39, 0.29) is 0 Å². The SMILES string of the molecule is Cn1ccnc1COc1ccc(NC(=O)C(C)(C)C(=O)O)cc1. The smallest absolute Gasteiger partial charge is 0.318 e. The van der Waals surface area contributed by atoms with Crippen LogP contribution in [0.1, 0.15) is 19.7 Å². The molecule has 0 bridgehead atoms. The van der Waals surface area contributed by atoms with Crippen LogP contribution in [0.15, 0.2) is 36.7 Å². The number of aryl methyl sites for hydroxylation is 1. The van der Waals surface area contributed by atoms with Gasteiger partial charge in [0.1, 0.15) is 23.6 Å². The zero-order valence-corrected chi connectivity index (χ0v) is 13.2. The number of nitrogens with zero attached hydrogens (tertiary/aromatic N) is 2. The second-order valence-electron chi connectivity index (χ2n) is 5.65. The van der Waals surface area contributed by atoms with Gasteiger partial charge < -0.3 is 19.7 Å². The molecule has 122 valence electrons. The van der Waals surface area contributed by atoms with E-state index < -0.39 is 17.3 Å². The van der Waals surface area contributed by atoms with Crippen LogP contribution in [0.3, 0.4) is 0 Å². The minimum Gasteiger partial charge on any atom is -0.486 e. The summed E-state index contributed by atoms with van der Waals surface area (Å²) in [6.45, 7) is 3.05. The number of hydrogen-bond donors (Lipinski definition) is 2. The molecule has 0 unspecified atom stereocenters. The fourth-order valence-electron chi connectivity index (χ4n) is 1.70. The summed E-state index contributed by atoms with van der Waals surface area (Å²) in [5.74, 6) is -0.328. The molecule has 0 spiro atoms. The molecular formula is C16H19N3O4. The molecule has 0 aliphatic heterocycles. The summed E-state index contributed by atoms with van der Waals surface area (Å²) < 4.78 is 7.47. The van der Waals surface area contributed by atoms with Crippen LogP contribution in [0, 0.1) is 5.41 Å². The molecule has 1 aromatic carbocycles. The maximum absolute atomic E-state index is 11.9. The monoisotopic (exact) mass is 317 g/mol. The van der Waals surface area contributed by atoms with Crippen molar-refractivity contribution in [2.24, 2.45) is 12.5 Å². The first-order valence-electron chi connectivity index (χ1n) is 7.04. The van der Waals surface area contributed by atoms with Crippen LogP contribution in [0.5, 0.6) is 5.75 Å². The van der Waals surface area contributed by atoms with Crippen LogP contribution >= 0.6 is 0 Å². The average Bonchev–Trinajstić information content (AvgIpc) is 2.91. The number of carboxylic acids is 1. The van der Waals surface area contributed by atoms with Gasteiger partial charge in [-0.1, -0.05) is 0 Å². The van der Waals surface area contributed by atoms with Gasteiger partial charge in [0.05, 0.1) is 0 Å². The molecule has 2 aromatic rings. The quantitative estimate of drug-likeness (QED) is 0.795. The number of nitrogens with one attached hydrogen (secondary N) is 1. The van der Waals surface area contributed by atoms with Crippen LogP contribution in [0.4, 0.5) is 5.69 Å². The van der Waals surface area contributed by atoms with E-state index in [4.69, 9.17) is 9.84 Å². The molecule has 2 N–H and O–H groups in total. The Morgan fingerprint density at radius 3 is 2.48 bits per heavy atom. The zero-order valence-electron chi connectivity index (χ0n) is 13.2. The molecule has 0 aliphatic carbocycles. The van der Waals surface area contributed by atoms with Gasteiger partial charge in [-0.15, -0.1) is 0 Å². The summed E-state index contributed by atoms with van der Waals surface area (Å²) >= 11 is 0. The lowest BCUT2D eigenvalue weighted by Gasteiger charge is -2.18. The number of hydrogen-bond acceptors (Lipinski definition) is 4. The highest BCUT2D eigenvalue weighted by atomic mass is 16.5. The van der Waals surface area contributed by atoms with Crippen molar-refractivity contribution >= 4 is 17.6 Å². The molecule has 0 atom stereocenters. The van der Waals surface area contributed by atoms with Gasteiger partial charge in [0.2, 0.25) is 5.91 Å². The number of imidazole rings is 1. The van der Waals surface area contributed by atoms with Gasteiger partial charge in [0.25, 0.3) is 0 Å². The minimum absolute atomic E-state index is 0.335. The Balaban J connectivity index is 1.96. The standard InChI is InChI=1S/C16H19N3O4/c1-16(2,15(21)22)14(20)18-11-4-6-12(7-5-11)23-10-13-17-8-9-19(13)3/h4-9H,10H2,1-3H3,(H,18,20)(H,21,22). The van der Waals surface area contributed by atoms with E-state index in [0.717, 1.165) is 5.82 Å². The van der Waals surface area contributed by atoms with Crippen molar-refractivity contribution in [1.82, 2.24) is 9.55 Å². The topological polar surface area (TPSA) is 93.5 Å². The highest BCUT2D eigenvalue weighted by molar-refractivity contribution is 6.07. The van der Waals surface area contributed by atoms with Gasteiger partial charge in [-0.05, 0) is 38.1 Å². The third-order valence-corrected chi connectivity index (χ3v) is 3.50. The van der Waals surface area contributed by atoms with E-state index in [0.29, 0.717) is 18.0 Å². The number of aromatic nitrogens is 2. The number of amides is 1. The van der Waals surface area contributed by atoms with E-state index in [1.807, 2.05) is 17.8 Å². The molecule has 1 aromatic heterocycles. The first-order valence-corrected chi connectivity index (χ1v) is 7.04. The van der Waals surface area contributed by atoms with Crippen molar-refractivity contribution in [2.45, 2.75) is 20.5 Å². The summed E-state index contributed by atoms with van der Waals surface area (Å²) in [7, 11) is 1.88. The first kappa shape index (κ1) is 16.5. The molecule has 0 fully saturated rings. The Bertz CT molecular complexity index is 704. The zero-order chi connectivity index (χ0) is 17.0. The van der Waals surface area contributed by atoms with E-state index >= 15 is 0 Å². The molecule has 0 aliphatic rings. The lowest BCUT2D eigenvalue weighted by molar-refractivity contribution is -0.151. The van der Waals surface area contributed by atoms with Gasteiger partial charge in [0, 0.05) is 25.1 Å². The van der Waals surface area contributed by atoms with E-state index in [2.05, 4.69) is 10.3 Å². The van der Waals surface area contributed by atoms with E-state index in [9.17, 15) is 9.59 Å². The Morgan fingerprint density at radius 1 is 1.30 bits per heavy atom. The molecular weight excluding hydrogens is 298 g/mol. The second-order valence-corrected chi connectivity index (χ2v) is 5.65. The summed E-state index contributed by atoms with van der Waals surface area (Å²) in [4.78, 5) is 27.1. The number of benzene rings is 1. The lowest BCUT2D eigenvalue weighted by Crippen LogP contribution is -2.37. The van der Waals surface area contributed by atoms with E-state index in [1.165, 1.54) is 13.8 Å². The number of rotatable bonds is 6. The van der Waals surface area contributed by atoms with Crippen LogP contribution in [0.25, 0.3) is 0 Å². The number of carboxylic acid groups (broad SMARTS) is 1. The Hall–Kier alpha value is -2.83. The van der Waals surface area contributed by atoms with Crippen molar-refractivity contribution in [1.29, 1.82) is 0 Å². The molecule has 7 nitrogen and oxygen atoms in total. The van der Waals surface area contributed by atoms with Crippen molar-refractivity contribution in [2.75, 3.05) is 5.32 Å². The number of anilines is 1. The molecule has 7 heteroatoms. The fraction of sp³-hybridized carbons (Fsp3) is 0.312. The Kier molecular flexibility index (Phi) is 4.68. The van der Waals surface area contributed by atoms with Gasteiger partial charge in [0.15, 0.2) is 0 Å². The van der Waals surface area contributed by atoms with Crippen LogP contribution < -0.4 is 10.1 Å². The normalized spacial score (nSPS) is 11.1. The number of carbonyl (C=O) groups excluding carboxylic acids is 1. The predicted molar refractivity (Wildman–Crippen MR) is 84.0 cm³/mol. The van der Waals surface area contributed by atoms with Crippen LogP contribution in [0.2, 0.25) is 0 Å². The minimum atomic E-state index is -1.49. The number of carbonyl (C=O) groups is 2. The molecule has 23 heavy (non-hydrogen) atoms. The number of ether oxygens (including phenoxy) is 1. The largest absolute Gasteiger partial charge is 0.486 e. The van der Waals surface area contributed by atoms with Crippen molar-refractivity contribution in [3.05, 3.63) is 42.5 Å². The summed E-state index contributed by atoms with van der Waals surface area (Å²) in [5.41, 5.74) is -0.985. The van der Waals surface area contributed by atoms with Crippen molar-refractivity contribution in [3.63, 3.8) is 0 Å². The Morgan fingerprint density at radius 2 is 1.96 bits per heavy atom. The molecule has 1 amide bonds. The highest BCUT2D eigenvalue weighted by Gasteiger charge is 2.35. The Labute approximate surface area is 133 Å². The van der Waals surface area contributed by atoms with Gasteiger partial charge >= 0.3 is 5.97 Å². The van der Waals surface area contributed by atoms with Gasteiger partial charge in [-0.25, -0.2) is 4.98 Å². The maximum atomic E-state index is 11.9. The average molecular weight is 317 g/mol. The van der Waals surface area contributed by atoms with Crippen molar-refractivity contribution < 1.29 is 19.4 Å². The van der Waals surface area contributed by atoms with Gasteiger partial charge in [-0.2, -0.15) is 0 Å². The molecule has 2 rings (SSSR count). The maximum Gasteiger partial charge on any atom is 0.318 e. The fourth-order valence-corrected chi connectivity index (χ4v) is 1.70.